The van der Waals surface area contributed by atoms with E-state index in [1.54, 1.807) is 24.3 Å². The quantitative estimate of drug-likeness (QED) is 0.767. The highest BCUT2D eigenvalue weighted by molar-refractivity contribution is 5.97. The first-order valence-corrected chi connectivity index (χ1v) is 6.56. The molecule has 0 bridgehead atoms. The van der Waals surface area contributed by atoms with Gasteiger partial charge < -0.3 is 4.90 Å². The van der Waals surface area contributed by atoms with E-state index in [4.69, 9.17) is 5.26 Å². The molecule has 1 heterocycles. The summed E-state index contributed by atoms with van der Waals surface area (Å²) in [6.45, 7) is 5.55. The van der Waals surface area contributed by atoms with Crippen LogP contribution < -0.4 is 0 Å². The van der Waals surface area contributed by atoms with E-state index in [1.807, 2.05) is 0 Å². The van der Waals surface area contributed by atoms with Gasteiger partial charge in [-0.05, 0) is 26.1 Å². The number of rotatable bonds is 3. The molecule has 1 aliphatic heterocycles. The van der Waals surface area contributed by atoms with Gasteiger partial charge >= 0.3 is 0 Å². The molecule has 1 saturated heterocycles. The number of hydrogen-bond acceptors (Lipinski definition) is 4. The average molecular weight is 257 g/mol. The van der Waals surface area contributed by atoms with E-state index in [9.17, 15) is 4.79 Å². The monoisotopic (exact) mass is 257 g/mol. The summed E-state index contributed by atoms with van der Waals surface area (Å²) in [4.78, 5) is 16.7. The molecule has 0 spiro atoms. The van der Waals surface area contributed by atoms with Crippen LogP contribution in [0.3, 0.4) is 0 Å². The normalized spacial score (nSPS) is 21.0. The molecule has 0 radical (unpaired) electrons. The molecular weight excluding hydrogens is 238 g/mol. The number of nitrogens with zero attached hydrogens (tertiary/aromatic N) is 3. The Morgan fingerprint density at radius 3 is 2.63 bits per heavy atom. The van der Waals surface area contributed by atoms with Crippen LogP contribution >= 0.6 is 0 Å². The minimum atomic E-state index is 0.126. The first kappa shape index (κ1) is 13.7. The number of hydrogen-bond donors (Lipinski definition) is 0. The van der Waals surface area contributed by atoms with E-state index >= 15 is 0 Å². The van der Waals surface area contributed by atoms with Gasteiger partial charge in [-0.25, -0.2) is 0 Å². The predicted octanol–water partition coefficient (Wildman–Crippen LogP) is 1.38. The van der Waals surface area contributed by atoms with Crippen molar-refractivity contribution in [2.45, 2.75) is 13.0 Å². The lowest BCUT2D eigenvalue weighted by Gasteiger charge is -2.37. The number of nitriles is 1. The Morgan fingerprint density at radius 2 is 2.05 bits per heavy atom. The van der Waals surface area contributed by atoms with Crippen molar-refractivity contribution in [3.8, 4) is 6.07 Å². The number of ketones is 1. The van der Waals surface area contributed by atoms with Gasteiger partial charge in [-0.1, -0.05) is 12.1 Å². The van der Waals surface area contributed by atoms with Crippen LogP contribution in [-0.2, 0) is 0 Å². The highest BCUT2D eigenvalue weighted by atomic mass is 16.1. The van der Waals surface area contributed by atoms with Gasteiger partial charge in [0.25, 0.3) is 0 Å². The van der Waals surface area contributed by atoms with Crippen LogP contribution in [0, 0.1) is 11.3 Å². The number of carbonyl (C=O) groups excluding carboxylic acids is 1. The molecular formula is C15H19N3O. The Bertz CT molecular complexity index is 489. The lowest BCUT2D eigenvalue weighted by Crippen LogP contribution is -2.51. The van der Waals surface area contributed by atoms with Gasteiger partial charge in [-0.3, -0.25) is 9.69 Å². The number of piperazine rings is 1. The van der Waals surface area contributed by atoms with E-state index in [2.05, 4.69) is 29.8 Å². The second-order valence-corrected chi connectivity index (χ2v) is 5.19. The Balaban J connectivity index is 1.98. The van der Waals surface area contributed by atoms with Gasteiger partial charge in [-0.2, -0.15) is 5.26 Å². The van der Waals surface area contributed by atoms with Crippen LogP contribution in [0.5, 0.6) is 0 Å². The Labute approximate surface area is 114 Å². The Morgan fingerprint density at radius 1 is 1.37 bits per heavy atom. The molecule has 1 aromatic carbocycles. The molecule has 4 nitrogen and oxygen atoms in total. The highest BCUT2D eigenvalue weighted by Gasteiger charge is 2.23. The molecule has 1 aliphatic rings. The third-order valence-electron chi connectivity index (χ3n) is 3.65. The molecule has 100 valence electrons. The average Bonchev–Trinajstić information content (AvgIpc) is 2.42. The molecule has 1 fully saturated rings. The molecule has 1 aromatic rings. The fraction of sp³-hybridized carbons (Fsp3) is 0.467. The molecule has 1 atom stereocenters. The van der Waals surface area contributed by atoms with Gasteiger partial charge in [0.05, 0.1) is 18.2 Å². The number of carbonyl (C=O) groups is 1. The van der Waals surface area contributed by atoms with Crippen LogP contribution in [0.25, 0.3) is 0 Å². The summed E-state index contributed by atoms with van der Waals surface area (Å²) in [5.41, 5.74) is 1.27. The first-order valence-electron chi connectivity index (χ1n) is 6.56. The Hall–Kier alpha value is -1.70. The van der Waals surface area contributed by atoms with Crippen LogP contribution in [0.15, 0.2) is 24.3 Å². The van der Waals surface area contributed by atoms with Gasteiger partial charge in [0.2, 0.25) is 0 Å². The maximum absolute atomic E-state index is 12.2. The molecule has 0 saturated carbocycles. The summed E-state index contributed by atoms with van der Waals surface area (Å²) in [7, 11) is 2.11. The van der Waals surface area contributed by atoms with Crippen molar-refractivity contribution in [1.29, 1.82) is 5.26 Å². The first-order chi connectivity index (χ1) is 9.10. The minimum Gasteiger partial charge on any atom is -0.304 e. The van der Waals surface area contributed by atoms with E-state index in [1.165, 1.54) is 0 Å². The van der Waals surface area contributed by atoms with Crippen molar-refractivity contribution in [2.24, 2.45) is 0 Å². The second-order valence-electron chi connectivity index (χ2n) is 5.19. The summed E-state index contributed by atoms with van der Waals surface area (Å²) < 4.78 is 0. The Kier molecular flexibility index (Phi) is 4.31. The highest BCUT2D eigenvalue weighted by Crippen LogP contribution is 2.10. The molecule has 0 aromatic heterocycles. The summed E-state index contributed by atoms with van der Waals surface area (Å²) in [5, 5.41) is 8.74. The maximum Gasteiger partial charge on any atom is 0.176 e. The van der Waals surface area contributed by atoms with Crippen molar-refractivity contribution in [1.82, 2.24) is 9.80 Å². The van der Waals surface area contributed by atoms with Gasteiger partial charge in [0.15, 0.2) is 5.78 Å². The fourth-order valence-corrected chi connectivity index (χ4v) is 2.42. The zero-order valence-electron chi connectivity index (χ0n) is 11.5. The summed E-state index contributed by atoms with van der Waals surface area (Å²) >= 11 is 0. The maximum atomic E-state index is 12.2. The van der Waals surface area contributed by atoms with E-state index < -0.39 is 0 Å². The van der Waals surface area contributed by atoms with Crippen molar-refractivity contribution in [2.75, 3.05) is 33.2 Å². The predicted molar refractivity (Wildman–Crippen MR) is 74.0 cm³/mol. The molecule has 4 heteroatoms. The molecule has 0 N–H and O–H groups in total. The van der Waals surface area contributed by atoms with Crippen molar-refractivity contribution in [3.05, 3.63) is 35.4 Å². The van der Waals surface area contributed by atoms with E-state index in [0.717, 1.165) is 19.6 Å². The van der Waals surface area contributed by atoms with E-state index in [0.29, 0.717) is 23.7 Å². The SMILES string of the molecule is CC1CN(C)CCN1CC(=O)c1ccc(C#N)cc1. The molecule has 19 heavy (non-hydrogen) atoms. The van der Waals surface area contributed by atoms with Crippen LogP contribution in [0.2, 0.25) is 0 Å². The summed E-state index contributed by atoms with van der Waals surface area (Å²) in [5.74, 6) is 0.126. The largest absolute Gasteiger partial charge is 0.304 e. The van der Waals surface area contributed by atoms with Crippen molar-refractivity contribution < 1.29 is 4.79 Å². The topological polar surface area (TPSA) is 47.3 Å². The third-order valence-corrected chi connectivity index (χ3v) is 3.65. The smallest absolute Gasteiger partial charge is 0.176 e. The standard InChI is InChI=1S/C15H19N3O/c1-12-10-17(2)7-8-18(12)11-15(19)14-5-3-13(9-16)4-6-14/h3-6,12H,7-8,10-11H2,1-2H3. The molecule has 0 amide bonds. The van der Waals surface area contributed by atoms with Crippen LogP contribution in [0.4, 0.5) is 0 Å². The van der Waals surface area contributed by atoms with Crippen molar-refractivity contribution >= 4 is 5.78 Å². The summed E-state index contributed by atoms with van der Waals surface area (Å²) in [6.07, 6.45) is 0. The van der Waals surface area contributed by atoms with Gasteiger partial charge in [0, 0.05) is 31.2 Å². The van der Waals surface area contributed by atoms with Gasteiger partial charge in [-0.15, -0.1) is 0 Å². The lowest BCUT2D eigenvalue weighted by molar-refractivity contribution is 0.0747. The number of Topliss-reactive ketones (excluding diaryl/α,β-unsaturated/α-hetero) is 1. The third kappa shape index (κ3) is 3.40. The summed E-state index contributed by atoms with van der Waals surface area (Å²) in [6, 6.07) is 9.33. The fourth-order valence-electron chi connectivity index (χ4n) is 2.42. The van der Waals surface area contributed by atoms with Crippen LogP contribution in [-0.4, -0.2) is 54.9 Å². The van der Waals surface area contributed by atoms with E-state index in [-0.39, 0.29) is 5.78 Å². The lowest BCUT2D eigenvalue weighted by atomic mass is 10.1. The number of likely N-dealkylation sites (N-methyl/N-ethyl adjacent to an activating group) is 1. The zero-order chi connectivity index (χ0) is 13.8. The minimum absolute atomic E-state index is 0.126. The van der Waals surface area contributed by atoms with Crippen LogP contribution in [0.1, 0.15) is 22.8 Å². The molecule has 0 aliphatic carbocycles. The second kappa shape index (κ2) is 5.96. The molecule has 2 rings (SSSR count). The van der Waals surface area contributed by atoms with Crippen molar-refractivity contribution in [3.63, 3.8) is 0 Å². The molecule has 1 unspecified atom stereocenters. The zero-order valence-corrected chi connectivity index (χ0v) is 11.5. The number of benzene rings is 1. The van der Waals surface area contributed by atoms with Gasteiger partial charge in [0.1, 0.15) is 0 Å².